The highest BCUT2D eigenvalue weighted by Crippen LogP contribution is 2.25. The van der Waals surface area contributed by atoms with Gasteiger partial charge in [0.25, 0.3) is 0 Å². The fraction of sp³-hybridized carbons (Fsp3) is 0.429. The molecule has 104 valence electrons. The average Bonchev–Trinajstić information content (AvgIpc) is 2.40. The first-order valence-corrected chi connectivity index (χ1v) is 7.03. The van der Waals surface area contributed by atoms with Gasteiger partial charge < -0.3 is 9.84 Å². The Hall–Kier alpha value is -1.33. The second kappa shape index (κ2) is 7.96. The lowest BCUT2D eigenvalue weighted by molar-refractivity contribution is -0.157. The largest absolute Gasteiger partial charge is 0.464 e. The summed E-state index contributed by atoms with van der Waals surface area (Å²) in [5, 5.41) is 9.62. The second-order valence-corrected chi connectivity index (χ2v) is 5.02. The standard InChI is InChI=1S/C14H18O4S/c1-3-11(12(15)13(16)18-4-2)14(17)19-10-8-6-5-7-9-10/h5-9,11-12,15H,3-4H2,1-2H3/t11-,12+/m1/s1. The smallest absolute Gasteiger partial charge is 0.335 e. The van der Waals surface area contributed by atoms with E-state index in [-0.39, 0.29) is 11.7 Å². The molecular weight excluding hydrogens is 264 g/mol. The summed E-state index contributed by atoms with van der Waals surface area (Å²) in [6.45, 7) is 3.61. The van der Waals surface area contributed by atoms with Crippen LogP contribution in [-0.2, 0) is 14.3 Å². The van der Waals surface area contributed by atoms with Gasteiger partial charge in [-0.2, -0.15) is 0 Å². The first-order chi connectivity index (χ1) is 9.10. The monoisotopic (exact) mass is 282 g/mol. The van der Waals surface area contributed by atoms with Crippen molar-refractivity contribution in [1.82, 2.24) is 0 Å². The Balaban J connectivity index is 2.69. The van der Waals surface area contributed by atoms with E-state index in [1.165, 1.54) is 0 Å². The Bertz CT molecular complexity index is 419. The highest BCUT2D eigenvalue weighted by molar-refractivity contribution is 8.13. The molecule has 0 aliphatic carbocycles. The summed E-state index contributed by atoms with van der Waals surface area (Å²) in [6, 6.07) is 9.15. The zero-order valence-corrected chi connectivity index (χ0v) is 11.9. The van der Waals surface area contributed by atoms with Crippen molar-refractivity contribution in [3.63, 3.8) is 0 Å². The van der Waals surface area contributed by atoms with Crippen molar-refractivity contribution >= 4 is 22.8 Å². The number of rotatable bonds is 6. The van der Waals surface area contributed by atoms with Crippen LogP contribution in [0.25, 0.3) is 0 Å². The van der Waals surface area contributed by atoms with Crippen LogP contribution in [0.4, 0.5) is 0 Å². The van der Waals surface area contributed by atoms with Gasteiger partial charge in [-0.15, -0.1) is 0 Å². The lowest BCUT2D eigenvalue weighted by Gasteiger charge is -2.18. The highest BCUT2D eigenvalue weighted by atomic mass is 32.2. The first kappa shape index (κ1) is 15.7. The molecule has 0 aromatic heterocycles. The number of thioether (sulfide) groups is 1. The number of aliphatic hydroxyl groups is 1. The van der Waals surface area contributed by atoms with Gasteiger partial charge in [0, 0.05) is 4.90 Å². The normalized spacial score (nSPS) is 13.6. The van der Waals surface area contributed by atoms with Crippen LogP contribution in [0.2, 0.25) is 0 Å². The van der Waals surface area contributed by atoms with Crippen LogP contribution in [0.3, 0.4) is 0 Å². The maximum absolute atomic E-state index is 12.1. The van der Waals surface area contributed by atoms with Gasteiger partial charge in [0.2, 0.25) is 0 Å². The molecule has 0 aliphatic heterocycles. The third-order valence-electron chi connectivity index (χ3n) is 2.61. The average molecular weight is 282 g/mol. The molecule has 1 aromatic carbocycles. The van der Waals surface area contributed by atoms with E-state index >= 15 is 0 Å². The van der Waals surface area contributed by atoms with Gasteiger partial charge in [0.15, 0.2) is 11.2 Å². The van der Waals surface area contributed by atoms with Crippen molar-refractivity contribution in [2.45, 2.75) is 31.3 Å². The lowest BCUT2D eigenvalue weighted by atomic mass is 10.0. The molecule has 2 atom stereocenters. The number of benzene rings is 1. The zero-order chi connectivity index (χ0) is 14.3. The minimum absolute atomic E-state index is 0.187. The molecule has 0 bridgehead atoms. The van der Waals surface area contributed by atoms with Gasteiger partial charge in [-0.05, 0) is 25.5 Å². The van der Waals surface area contributed by atoms with Crippen molar-refractivity contribution in [2.75, 3.05) is 6.61 Å². The minimum atomic E-state index is -1.39. The molecule has 19 heavy (non-hydrogen) atoms. The fourth-order valence-corrected chi connectivity index (χ4v) is 2.56. The number of aliphatic hydroxyl groups excluding tert-OH is 1. The van der Waals surface area contributed by atoms with Crippen LogP contribution < -0.4 is 0 Å². The van der Waals surface area contributed by atoms with Crippen molar-refractivity contribution in [3.05, 3.63) is 30.3 Å². The molecule has 1 N–H and O–H groups in total. The van der Waals surface area contributed by atoms with Crippen LogP contribution in [0, 0.1) is 5.92 Å². The molecule has 1 rings (SSSR count). The van der Waals surface area contributed by atoms with Crippen LogP contribution >= 0.6 is 11.8 Å². The van der Waals surface area contributed by atoms with E-state index in [0.717, 1.165) is 16.7 Å². The van der Waals surface area contributed by atoms with Crippen LogP contribution in [-0.4, -0.2) is 28.9 Å². The molecular formula is C14H18O4S. The quantitative estimate of drug-likeness (QED) is 0.640. The molecule has 0 saturated carbocycles. The minimum Gasteiger partial charge on any atom is -0.464 e. The van der Waals surface area contributed by atoms with E-state index in [9.17, 15) is 14.7 Å². The van der Waals surface area contributed by atoms with Crippen molar-refractivity contribution in [3.8, 4) is 0 Å². The SMILES string of the molecule is CCOC(=O)[C@@H](O)[C@@H](CC)C(=O)Sc1ccccc1. The number of carbonyl (C=O) groups is 2. The number of ether oxygens (including phenoxy) is 1. The maximum atomic E-state index is 12.1. The van der Waals surface area contributed by atoms with Gasteiger partial charge in [0.05, 0.1) is 12.5 Å². The van der Waals surface area contributed by atoms with Crippen molar-refractivity contribution in [1.29, 1.82) is 0 Å². The van der Waals surface area contributed by atoms with Gasteiger partial charge in [-0.1, -0.05) is 36.9 Å². The third-order valence-corrected chi connectivity index (χ3v) is 3.63. The van der Waals surface area contributed by atoms with E-state index in [2.05, 4.69) is 0 Å². The van der Waals surface area contributed by atoms with Crippen molar-refractivity contribution in [2.24, 2.45) is 5.92 Å². The third kappa shape index (κ3) is 4.69. The summed E-state index contributed by atoms with van der Waals surface area (Å²) in [7, 11) is 0. The summed E-state index contributed by atoms with van der Waals surface area (Å²) in [6.07, 6.45) is -1.01. The fourth-order valence-electron chi connectivity index (χ4n) is 1.59. The summed E-state index contributed by atoms with van der Waals surface area (Å²) < 4.78 is 4.74. The van der Waals surface area contributed by atoms with Crippen LogP contribution in [0.5, 0.6) is 0 Å². The molecule has 0 aliphatic rings. The van der Waals surface area contributed by atoms with E-state index in [4.69, 9.17) is 4.74 Å². The molecule has 0 unspecified atom stereocenters. The van der Waals surface area contributed by atoms with E-state index < -0.39 is 18.0 Å². The molecule has 0 amide bonds. The Morgan fingerprint density at radius 2 is 1.89 bits per heavy atom. The van der Waals surface area contributed by atoms with Gasteiger partial charge in [0.1, 0.15) is 0 Å². The predicted octanol–water partition coefficient (Wildman–Crippen LogP) is 2.26. The van der Waals surface area contributed by atoms with Gasteiger partial charge in [-0.25, -0.2) is 4.79 Å². The summed E-state index contributed by atoms with van der Waals surface area (Å²) in [4.78, 5) is 24.3. The summed E-state index contributed by atoms with van der Waals surface area (Å²) in [5.74, 6) is -1.49. The van der Waals surface area contributed by atoms with E-state index in [1.807, 2.05) is 30.3 Å². The topological polar surface area (TPSA) is 63.6 Å². The molecule has 0 fully saturated rings. The summed E-state index contributed by atoms with van der Waals surface area (Å²) >= 11 is 1.03. The van der Waals surface area contributed by atoms with Crippen LogP contribution in [0.1, 0.15) is 20.3 Å². The number of esters is 1. The second-order valence-electron chi connectivity index (χ2n) is 3.95. The summed E-state index contributed by atoms with van der Waals surface area (Å²) in [5.41, 5.74) is 0. The van der Waals surface area contributed by atoms with Crippen molar-refractivity contribution < 1.29 is 19.4 Å². The zero-order valence-electron chi connectivity index (χ0n) is 11.0. The molecule has 0 spiro atoms. The lowest BCUT2D eigenvalue weighted by Crippen LogP contribution is -2.34. The Labute approximate surface area is 117 Å². The number of hydrogen-bond acceptors (Lipinski definition) is 5. The Morgan fingerprint density at radius 3 is 2.42 bits per heavy atom. The molecule has 4 nitrogen and oxygen atoms in total. The molecule has 1 aromatic rings. The Kier molecular flexibility index (Phi) is 6.59. The van der Waals surface area contributed by atoms with Crippen LogP contribution in [0.15, 0.2) is 35.2 Å². The van der Waals surface area contributed by atoms with Gasteiger partial charge in [-0.3, -0.25) is 4.79 Å². The number of carbonyl (C=O) groups excluding carboxylic acids is 2. The van der Waals surface area contributed by atoms with E-state index in [0.29, 0.717) is 6.42 Å². The molecule has 5 heteroatoms. The first-order valence-electron chi connectivity index (χ1n) is 6.21. The van der Waals surface area contributed by atoms with Gasteiger partial charge >= 0.3 is 5.97 Å². The predicted molar refractivity (Wildman–Crippen MR) is 73.7 cm³/mol. The molecule has 0 heterocycles. The highest BCUT2D eigenvalue weighted by Gasteiger charge is 2.32. The maximum Gasteiger partial charge on any atom is 0.335 e. The number of hydrogen-bond donors (Lipinski definition) is 1. The molecule has 0 radical (unpaired) electrons. The van der Waals surface area contributed by atoms with E-state index in [1.54, 1.807) is 13.8 Å². The Morgan fingerprint density at radius 1 is 1.26 bits per heavy atom. The molecule has 0 saturated heterocycles.